The van der Waals surface area contributed by atoms with Crippen LogP contribution in [-0.4, -0.2) is 10.9 Å². The lowest BCUT2D eigenvalue weighted by molar-refractivity contribution is 0.0962. The number of para-hydroxylation sites is 1. The second-order valence-corrected chi connectivity index (χ2v) is 5.13. The van der Waals surface area contributed by atoms with Crippen molar-refractivity contribution in [3.05, 3.63) is 57.2 Å². The zero-order chi connectivity index (χ0) is 13.0. The Kier molecular flexibility index (Phi) is 4.33. The van der Waals surface area contributed by atoms with E-state index in [1.165, 1.54) is 6.20 Å². The summed E-state index contributed by atoms with van der Waals surface area (Å²) in [6, 6.07) is 9.05. The number of carbonyl (C=O) groups excluding carboxylic acids is 1. The molecular weight excluding hydrogens is 362 g/mol. The van der Waals surface area contributed by atoms with Gasteiger partial charge in [0.25, 0.3) is 5.91 Å². The molecule has 0 atom stereocenters. The van der Waals surface area contributed by atoms with Crippen molar-refractivity contribution < 1.29 is 4.79 Å². The van der Waals surface area contributed by atoms with Gasteiger partial charge in [0.1, 0.15) is 0 Å². The van der Waals surface area contributed by atoms with Gasteiger partial charge in [-0.1, -0.05) is 6.07 Å². The van der Waals surface area contributed by atoms with Crippen molar-refractivity contribution in [1.29, 1.82) is 0 Å². The highest BCUT2D eigenvalue weighted by atomic mass is 79.9. The second kappa shape index (κ2) is 5.97. The fraction of sp³-hybridized carbons (Fsp3) is 0. The fourth-order valence-corrected chi connectivity index (χ4v) is 2.50. The number of nitrogens with zero attached hydrogens (tertiary/aromatic N) is 1. The molecule has 18 heavy (non-hydrogen) atoms. The van der Waals surface area contributed by atoms with Gasteiger partial charge >= 0.3 is 0 Å². The van der Waals surface area contributed by atoms with Gasteiger partial charge in [-0.05, 0) is 56.1 Å². The van der Waals surface area contributed by atoms with E-state index in [2.05, 4.69) is 47.7 Å². The summed E-state index contributed by atoms with van der Waals surface area (Å²) < 4.78 is 1.70. The van der Waals surface area contributed by atoms with Crippen LogP contribution < -0.4 is 10.9 Å². The molecule has 0 fully saturated rings. The summed E-state index contributed by atoms with van der Waals surface area (Å²) in [7, 11) is 0. The Morgan fingerprint density at radius 3 is 2.44 bits per heavy atom. The smallest absolute Gasteiger partial charge is 0.271 e. The average molecular weight is 371 g/mol. The lowest BCUT2D eigenvalue weighted by atomic mass is 10.3. The summed E-state index contributed by atoms with van der Waals surface area (Å²) in [5, 5.41) is 0. The number of halogens is 2. The normalized spacial score (nSPS) is 9.89. The van der Waals surface area contributed by atoms with Crippen LogP contribution in [-0.2, 0) is 0 Å². The van der Waals surface area contributed by atoms with E-state index in [9.17, 15) is 4.79 Å². The second-order valence-electron chi connectivity index (χ2n) is 3.42. The van der Waals surface area contributed by atoms with Gasteiger partial charge in [-0.15, -0.1) is 0 Å². The van der Waals surface area contributed by atoms with Crippen molar-refractivity contribution in [2.75, 3.05) is 5.43 Å². The number of carbonyl (C=O) groups is 1. The van der Waals surface area contributed by atoms with Crippen LogP contribution in [0.2, 0.25) is 0 Å². The third-order valence-corrected chi connectivity index (χ3v) is 3.51. The van der Waals surface area contributed by atoms with Crippen molar-refractivity contribution >= 4 is 43.5 Å². The number of nitrogens with one attached hydrogen (secondary N) is 2. The number of benzene rings is 1. The molecule has 0 unspecified atom stereocenters. The lowest BCUT2D eigenvalue weighted by Crippen LogP contribution is -2.29. The van der Waals surface area contributed by atoms with Crippen LogP contribution >= 0.6 is 31.9 Å². The Hall–Kier alpha value is -1.40. The number of pyridine rings is 1. The minimum atomic E-state index is -0.245. The van der Waals surface area contributed by atoms with Crippen molar-refractivity contribution in [2.24, 2.45) is 0 Å². The lowest BCUT2D eigenvalue weighted by Gasteiger charge is -2.11. The van der Waals surface area contributed by atoms with Gasteiger partial charge in [0, 0.05) is 21.3 Å². The minimum Gasteiger partial charge on any atom is -0.296 e. The summed E-state index contributed by atoms with van der Waals surface area (Å²) >= 11 is 6.79. The molecule has 0 saturated carbocycles. The van der Waals surface area contributed by atoms with E-state index in [0.717, 1.165) is 14.6 Å². The highest BCUT2D eigenvalue weighted by Crippen LogP contribution is 2.29. The molecular formula is C12H9Br2N3O. The molecule has 0 aliphatic carbocycles. The Bertz CT molecular complexity index is 540. The van der Waals surface area contributed by atoms with Crippen LogP contribution in [0.1, 0.15) is 10.4 Å². The monoisotopic (exact) mass is 369 g/mol. The number of hydrazine groups is 1. The summed E-state index contributed by atoms with van der Waals surface area (Å²) in [6.45, 7) is 0. The standard InChI is InChI=1S/C12H9Br2N3O/c13-9-4-1-5-10(14)11(9)16-17-12(18)8-3-2-6-15-7-8/h1-7,16H,(H,17,18). The number of rotatable bonds is 3. The largest absolute Gasteiger partial charge is 0.296 e. The quantitative estimate of drug-likeness (QED) is 0.814. The number of hydrogen-bond donors (Lipinski definition) is 2. The molecule has 4 nitrogen and oxygen atoms in total. The van der Waals surface area contributed by atoms with E-state index in [0.29, 0.717) is 5.56 Å². The molecule has 0 saturated heterocycles. The predicted octanol–water partition coefficient (Wildman–Crippen LogP) is 3.36. The van der Waals surface area contributed by atoms with Crippen LogP contribution in [0.15, 0.2) is 51.7 Å². The third-order valence-electron chi connectivity index (χ3n) is 2.19. The third kappa shape index (κ3) is 3.08. The first-order valence-electron chi connectivity index (χ1n) is 5.09. The Labute approximate surface area is 121 Å². The van der Waals surface area contributed by atoms with Gasteiger partial charge in [0.2, 0.25) is 0 Å². The molecule has 1 heterocycles. The zero-order valence-electron chi connectivity index (χ0n) is 9.15. The Balaban J connectivity index is 2.07. The van der Waals surface area contributed by atoms with Gasteiger partial charge in [-0.25, -0.2) is 0 Å². The van der Waals surface area contributed by atoms with Crippen LogP contribution in [0.25, 0.3) is 0 Å². The maximum Gasteiger partial charge on any atom is 0.271 e. The highest BCUT2D eigenvalue weighted by Gasteiger charge is 2.07. The first-order chi connectivity index (χ1) is 8.68. The van der Waals surface area contributed by atoms with Gasteiger partial charge in [-0.2, -0.15) is 0 Å². The van der Waals surface area contributed by atoms with E-state index in [4.69, 9.17) is 0 Å². The number of hydrogen-bond acceptors (Lipinski definition) is 3. The number of anilines is 1. The molecule has 0 radical (unpaired) electrons. The Morgan fingerprint density at radius 1 is 1.11 bits per heavy atom. The molecule has 2 aromatic rings. The van der Waals surface area contributed by atoms with Gasteiger partial charge < -0.3 is 0 Å². The molecule has 0 aliphatic rings. The van der Waals surface area contributed by atoms with Crippen molar-refractivity contribution in [2.45, 2.75) is 0 Å². The minimum absolute atomic E-state index is 0.245. The maximum absolute atomic E-state index is 11.8. The van der Waals surface area contributed by atoms with Crippen molar-refractivity contribution in [3.63, 3.8) is 0 Å². The van der Waals surface area contributed by atoms with E-state index >= 15 is 0 Å². The van der Waals surface area contributed by atoms with Crippen molar-refractivity contribution in [3.8, 4) is 0 Å². The van der Waals surface area contributed by atoms with Crippen LogP contribution in [0.4, 0.5) is 5.69 Å². The first kappa shape index (κ1) is 13.0. The molecule has 1 amide bonds. The fourth-order valence-electron chi connectivity index (χ4n) is 1.31. The maximum atomic E-state index is 11.8. The number of aromatic nitrogens is 1. The van der Waals surface area contributed by atoms with E-state index in [1.807, 2.05) is 18.2 Å². The summed E-state index contributed by atoms with van der Waals surface area (Å²) in [5.74, 6) is -0.245. The van der Waals surface area contributed by atoms with Gasteiger partial charge in [0.05, 0.1) is 11.3 Å². The van der Waals surface area contributed by atoms with Gasteiger partial charge in [-0.3, -0.25) is 20.6 Å². The summed E-state index contributed by atoms with van der Waals surface area (Å²) in [5.41, 5.74) is 6.72. The zero-order valence-corrected chi connectivity index (χ0v) is 12.3. The van der Waals surface area contributed by atoms with Crippen LogP contribution in [0.3, 0.4) is 0 Å². The molecule has 92 valence electrons. The topological polar surface area (TPSA) is 54.0 Å². The number of amides is 1. The van der Waals surface area contributed by atoms with E-state index < -0.39 is 0 Å². The molecule has 1 aromatic heterocycles. The molecule has 2 N–H and O–H groups in total. The molecule has 0 bridgehead atoms. The highest BCUT2D eigenvalue weighted by molar-refractivity contribution is 9.11. The molecule has 1 aromatic carbocycles. The molecule has 2 rings (SSSR count). The van der Waals surface area contributed by atoms with Gasteiger partial charge in [0.15, 0.2) is 0 Å². The summed E-state index contributed by atoms with van der Waals surface area (Å²) in [4.78, 5) is 15.7. The van der Waals surface area contributed by atoms with E-state index in [1.54, 1.807) is 18.3 Å². The Morgan fingerprint density at radius 2 is 1.83 bits per heavy atom. The van der Waals surface area contributed by atoms with Crippen LogP contribution in [0, 0.1) is 0 Å². The van der Waals surface area contributed by atoms with Crippen molar-refractivity contribution in [1.82, 2.24) is 10.4 Å². The van der Waals surface area contributed by atoms with E-state index in [-0.39, 0.29) is 5.91 Å². The average Bonchev–Trinajstić information content (AvgIpc) is 2.39. The SMILES string of the molecule is O=C(NNc1c(Br)cccc1Br)c1cccnc1. The molecule has 0 spiro atoms. The first-order valence-corrected chi connectivity index (χ1v) is 6.67. The predicted molar refractivity (Wildman–Crippen MR) is 77.2 cm³/mol. The van der Waals surface area contributed by atoms with Crippen LogP contribution in [0.5, 0.6) is 0 Å². The molecule has 0 aliphatic heterocycles. The summed E-state index contributed by atoms with van der Waals surface area (Å²) in [6.07, 6.45) is 3.13. The molecule has 6 heteroatoms.